The van der Waals surface area contributed by atoms with Crippen LogP contribution in [0.3, 0.4) is 0 Å². The Morgan fingerprint density at radius 2 is 1.62 bits per heavy atom. The lowest BCUT2D eigenvalue weighted by atomic mass is 10.1. The Hall–Kier alpha value is -2.98. The summed E-state index contributed by atoms with van der Waals surface area (Å²) in [7, 11) is 0. The van der Waals surface area contributed by atoms with E-state index in [-0.39, 0.29) is 17.9 Å². The molecule has 1 heterocycles. The molecule has 0 aliphatic rings. The van der Waals surface area contributed by atoms with Crippen molar-refractivity contribution >= 4 is 22.5 Å². The van der Waals surface area contributed by atoms with Gasteiger partial charge in [-0.25, -0.2) is 9.37 Å². The summed E-state index contributed by atoms with van der Waals surface area (Å²) in [6.07, 6.45) is 0. The highest BCUT2D eigenvalue weighted by atomic mass is 35.5. The maximum absolute atomic E-state index is 14.2. The number of benzene rings is 3. The van der Waals surface area contributed by atoms with Crippen LogP contribution in [0.5, 0.6) is 0 Å². The van der Waals surface area contributed by atoms with Crippen molar-refractivity contribution in [2.24, 2.45) is 0 Å². The van der Waals surface area contributed by atoms with Crippen molar-refractivity contribution in [1.29, 1.82) is 0 Å². The summed E-state index contributed by atoms with van der Waals surface area (Å²) in [5, 5.41) is 0.969. The summed E-state index contributed by atoms with van der Waals surface area (Å²) < 4.78 is 15.6. The lowest BCUT2D eigenvalue weighted by Gasteiger charge is -2.15. The zero-order chi connectivity index (χ0) is 18.1. The number of fused-ring (bicyclic) bond motifs is 1. The third-order valence-corrected chi connectivity index (χ3v) is 4.59. The number of rotatable bonds is 3. The van der Waals surface area contributed by atoms with E-state index in [9.17, 15) is 9.18 Å². The molecule has 0 aliphatic carbocycles. The molecular formula is C21H14ClFN2O. The largest absolute Gasteiger partial charge is 0.287 e. The van der Waals surface area contributed by atoms with Crippen LogP contribution in [0.2, 0.25) is 5.02 Å². The zero-order valence-electron chi connectivity index (χ0n) is 13.7. The fourth-order valence-corrected chi connectivity index (χ4v) is 3.18. The molecule has 5 heteroatoms. The van der Waals surface area contributed by atoms with E-state index in [0.717, 1.165) is 0 Å². The van der Waals surface area contributed by atoms with Crippen molar-refractivity contribution in [2.45, 2.75) is 6.54 Å². The number of aromatic nitrogens is 2. The molecule has 0 radical (unpaired) electrons. The van der Waals surface area contributed by atoms with E-state index in [1.54, 1.807) is 48.5 Å². The van der Waals surface area contributed by atoms with Gasteiger partial charge in [-0.15, -0.1) is 0 Å². The average molecular weight is 365 g/mol. The number of nitrogens with zero attached hydrogens (tertiary/aromatic N) is 2. The fraction of sp³-hybridized carbons (Fsp3) is 0.0476. The van der Waals surface area contributed by atoms with Gasteiger partial charge in [-0.05, 0) is 30.3 Å². The zero-order valence-corrected chi connectivity index (χ0v) is 14.4. The summed E-state index contributed by atoms with van der Waals surface area (Å²) in [5.41, 5.74) is 1.40. The first-order valence-corrected chi connectivity index (χ1v) is 8.51. The molecular weight excluding hydrogens is 351 g/mol. The van der Waals surface area contributed by atoms with Crippen LogP contribution in [0.15, 0.2) is 77.6 Å². The SMILES string of the molecule is O=c1c2ccccc2nc(-c2ccccc2Cl)n1Cc1ccccc1F. The van der Waals surface area contributed by atoms with E-state index in [2.05, 4.69) is 4.98 Å². The highest BCUT2D eigenvalue weighted by Gasteiger charge is 2.16. The van der Waals surface area contributed by atoms with Gasteiger partial charge in [-0.3, -0.25) is 9.36 Å². The van der Waals surface area contributed by atoms with Gasteiger partial charge in [0.2, 0.25) is 0 Å². The van der Waals surface area contributed by atoms with Gasteiger partial charge in [0.25, 0.3) is 5.56 Å². The Bertz CT molecular complexity index is 1170. The number of halogens is 2. The Balaban J connectivity index is 2.02. The lowest BCUT2D eigenvalue weighted by molar-refractivity contribution is 0.596. The van der Waals surface area contributed by atoms with Crippen LogP contribution in [-0.2, 0) is 6.54 Å². The molecule has 0 bridgehead atoms. The molecule has 4 rings (SSSR count). The minimum Gasteiger partial charge on any atom is -0.287 e. The molecule has 1 aromatic heterocycles. The topological polar surface area (TPSA) is 34.9 Å². The first-order valence-electron chi connectivity index (χ1n) is 8.13. The van der Waals surface area contributed by atoms with E-state index in [4.69, 9.17) is 11.6 Å². The van der Waals surface area contributed by atoms with Crippen molar-refractivity contribution in [3.05, 3.63) is 99.6 Å². The molecule has 0 unspecified atom stereocenters. The minimum absolute atomic E-state index is 0.0733. The van der Waals surface area contributed by atoms with Gasteiger partial charge < -0.3 is 0 Å². The third kappa shape index (κ3) is 2.89. The summed E-state index contributed by atoms with van der Waals surface area (Å²) in [6.45, 7) is 0.0733. The number of para-hydroxylation sites is 1. The van der Waals surface area contributed by atoms with Gasteiger partial charge in [-0.2, -0.15) is 0 Å². The predicted molar refractivity (Wildman–Crippen MR) is 102 cm³/mol. The third-order valence-electron chi connectivity index (χ3n) is 4.26. The minimum atomic E-state index is -0.363. The van der Waals surface area contributed by atoms with Crippen LogP contribution in [0.25, 0.3) is 22.3 Å². The summed E-state index contributed by atoms with van der Waals surface area (Å²) in [6, 6.07) is 20.7. The molecule has 0 spiro atoms. The van der Waals surface area contributed by atoms with Crippen LogP contribution in [0.4, 0.5) is 4.39 Å². The molecule has 0 saturated carbocycles. The van der Waals surface area contributed by atoms with Gasteiger partial charge in [-0.1, -0.05) is 54.1 Å². The molecule has 3 nitrogen and oxygen atoms in total. The van der Waals surface area contributed by atoms with Crippen LogP contribution in [-0.4, -0.2) is 9.55 Å². The van der Waals surface area contributed by atoms with Crippen LogP contribution < -0.4 is 5.56 Å². The van der Waals surface area contributed by atoms with E-state index in [0.29, 0.717) is 32.9 Å². The average Bonchev–Trinajstić information content (AvgIpc) is 2.66. The summed E-state index contributed by atoms with van der Waals surface area (Å²) >= 11 is 6.34. The second kappa shape index (κ2) is 6.73. The van der Waals surface area contributed by atoms with Crippen molar-refractivity contribution < 1.29 is 4.39 Å². The Morgan fingerprint density at radius 3 is 2.42 bits per heavy atom. The molecule has 0 atom stereocenters. The number of hydrogen-bond acceptors (Lipinski definition) is 2. The molecule has 128 valence electrons. The normalized spacial score (nSPS) is 11.0. The predicted octanol–water partition coefficient (Wildman–Crippen LogP) is 4.90. The van der Waals surface area contributed by atoms with Gasteiger partial charge in [0, 0.05) is 11.1 Å². The molecule has 0 aliphatic heterocycles. The van der Waals surface area contributed by atoms with Gasteiger partial charge >= 0.3 is 0 Å². The monoisotopic (exact) mass is 364 g/mol. The maximum Gasteiger partial charge on any atom is 0.261 e. The fourth-order valence-electron chi connectivity index (χ4n) is 2.96. The van der Waals surface area contributed by atoms with E-state index < -0.39 is 0 Å². The maximum atomic E-state index is 14.2. The first-order chi connectivity index (χ1) is 12.6. The van der Waals surface area contributed by atoms with Crippen molar-refractivity contribution in [1.82, 2.24) is 9.55 Å². The van der Waals surface area contributed by atoms with Gasteiger partial charge in [0.05, 0.1) is 22.5 Å². The highest BCUT2D eigenvalue weighted by molar-refractivity contribution is 6.33. The molecule has 0 fully saturated rings. The smallest absolute Gasteiger partial charge is 0.261 e. The second-order valence-electron chi connectivity index (χ2n) is 5.92. The summed E-state index contributed by atoms with van der Waals surface area (Å²) in [4.78, 5) is 17.8. The van der Waals surface area contributed by atoms with Crippen molar-refractivity contribution in [3.8, 4) is 11.4 Å². The second-order valence-corrected chi connectivity index (χ2v) is 6.32. The van der Waals surface area contributed by atoms with Crippen molar-refractivity contribution in [3.63, 3.8) is 0 Å². The van der Waals surface area contributed by atoms with Gasteiger partial charge in [0.1, 0.15) is 11.6 Å². The van der Waals surface area contributed by atoms with E-state index in [1.165, 1.54) is 10.6 Å². The standard InChI is InChI=1S/C21H14ClFN2O/c22-17-10-4-2-8-15(17)20-24-19-12-6-3-9-16(19)21(26)25(20)13-14-7-1-5-11-18(14)23/h1-12H,13H2. The van der Waals surface area contributed by atoms with Crippen LogP contribution >= 0.6 is 11.6 Å². The molecule has 0 N–H and O–H groups in total. The first kappa shape index (κ1) is 16.5. The van der Waals surface area contributed by atoms with Gasteiger partial charge in [0.15, 0.2) is 0 Å². The lowest BCUT2D eigenvalue weighted by Crippen LogP contribution is -2.24. The molecule has 3 aromatic carbocycles. The van der Waals surface area contributed by atoms with E-state index >= 15 is 0 Å². The quantitative estimate of drug-likeness (QED) is 0.518. The Labute approximate surface area is 154 Å². The Morgan fingerprint density at radius 1 is 0.923 bits per heavy atom. The molecule has 4 aromatic rings. The van der Waals surface area contributed by atoms with Crippen LogP contribution in [0.1, 0.15) is 5.56 Å². The molecule has 26 heavy (non-hydrogen) atoms. The number of hydrogen-bond donors (Lipinski definition) is 0. The Kier molecular flexibility index (Phi) is 4.27. The van der Waals surface area contributed by atoms with Crippen LogP contribution in [0, 0.1) is 5.82 Å². The molecule has 0 saturated heterocycles. The summed E-state index contributed by atoms with van der Waals surface area (Å²) in [5.74, 6) is 0.0558. The van der Waals surface area contributed by atoms with Crippen molar-refractivity contribution in [2.75, 3.05) is 0 Å². The highest BCUT2D eigenvalue weighted by Crippen LogP contribution is 2.27. The van der Waals surface area contributed by atoms with E-state index in [1.807, 2.05) is 18.2 Å². The molecule has 0 amide bonds.